The summed E-state index contributed by atoms with van der Waals surface area (Å²) in [5.41, 5.74) is 4.24. The summed E-state index contributed by atoms with van der Waals surface area (Å²) in [4.78, 5) is 40.4. The number of non-ortho nitro benzene ring substituents is 1. The molecule has 1 amide bonds. The average molecular weight is 408 g/mol. The van der Waals surface area contributed by atoms with Crippen molar-refractivity contribution in [2.24, 2.45) is 0 Å². The quantitative estimate of drug-likeness (QED) is 0.389. The lowest BCUT2D eigenvalue weighted by Crippen LogP contribution is -2.32. The molecule has 4 rings (SSSR count). The predicted molar refractivity (Wildman–Crippen MR) is 111 cm³/mol. The molecule has 2 aromatic carbocycles. The van der Waals surface area contributed by atoms with Crippen molar-refractivity contribution >= 4 is 34.2 Å². The van der Waals surface area contributed by atoms with Crippen LogP contribution in [0.3, 0.4) is 0 Å². The minimum absolute atomic E-state index is 0.134. The lowest BCUT2D eigenvalue weighted by Gasteiger charge is -2.30. The second kappa shape index (κ2) is 7.51. The van der Waals surface area contributed by atoms with E-state index < -0.39 is 10.9 Å². The van der Waals surface area contributed by atoms with Crippen LogP contribution in [0.2, 0.25) is 0 Å². The molecule has 1 aliphatic heterocycles. The van der Waals surface area contributed by atoms with Crippen LogP contribution in [0.25, 0.3) is 10.9 Å². The van der Waals surface area contributed by atoms with Crippen molar-refractivity contribution < 1.29 is 19.2 Å². The van der Waals surface area contributed by atoms with Gasteiger partial charge in [-0.05, 0) is 24.3 Å². The first kappa shape index (κ1) is 19.4. The van der Waals surface area contributed by atoms with Crippen LogP contribution in [0, 0.1) is 10.1 Å². The fourth-order valence-corrected chi connectivity index (χ4v) is 3.89. The van der Waals surface area contributed by atoms with E-state index in [2.05, 4.69) is 10.3 Å². The first-order valence-corrected chi connectivity index (χ1v) is 9.40. The molecule has 0 saturated heterocycles. The van der Waals surface area contributed by atoms with Crippen LogP contribution < -0.4 is 10.2 Å². The van der Waals surface area contributed by atoms with E-state index in [4.69, 9.17) is 4.74 Å². The zero-order valence-electron chi connectivity index (χ0n) is 16.5. The molecule has 0 radical (unpaired) electrons. The normalized spacial score (nSPS) is 13.1. The molecule has 30 heavy (non-hydrogen) atoms. The standard InChI is InChI=1S/C21H20N4O5/c1-22-20(26)15-10-13(25(28)29)4-6-19(15)24-8-7-18-16(11-24)14-9-12(21(27)30-2)3-5-17(14)23-18/h3-6,9-10,23H,7-8,11H2,1-2H3,(H,22,26). The summed E-state index contributed by atoms with van der Waals surface area (Å²) in [6.07, 6.45) is 0.710. The lowest BCUT2D eigenvalue weighted by atomic mass is 10.0. The maximum Gasteiger partial charge on any atom is 0.337 e. The summed E-state index contributed by atoms with van der Waals surface area (Å²) >= 11 is 0. The number of H-pyrrole nitrogens is 1. The number of nitrogens with zero attached hydrogens (tertiary/aromatic N) is 2. The fourth-order valence-electron chi connectivity index (χ4n) is 3.89. The van der Waals surface area contributed by atoms with Gasteiger partial charge in [-0.25, -0.2) is 4.79 Å². The van der Waals surface area contributed by atoms with E-state index in [0.29, 0.717) is 30.8 Å². The smallest absolute Gasteiger partial charge is 0.337 e. The van der Waals surface area contributed by atoms with E-state index >= 15 is 0 Å². The van der Waals surface area contributed by atoms with Crippen LogP contribution in [0.4, 0.5) is 11.4 Å². The Morgan fingerprint density at radius 3 is 2.73 bits per heavy atom. The molecule has 0 atom stereocenters. The van der Waals surface area contributed by atoms with Crippen molar-refractivity contribution in [3.8, 4) is 0 Å². The number of carbonyl (C=O) groups excluding carboxylic acids is 2. The largest absolute Gasteiger partial charge is 0.465 e. The van der Waals surface area contributed by atoms with E-state index in [1.165, 1.54) is 26.3 Å². The zero-order chi connectivity index (χ0) is 21.4. The van der Waals surface area contributed by atoms with Gasteiger partial charge in [0, 0.05) is 60.9 Å². The van der Waals surface area contributed by atoms with E-state index in [-0.39, 0.29) is 17.2 Å². The second-order valence-electron chi connectivity index (χ2n) is 7.04. The minimum Gasteiger partial charge on any atom is -0.465 e. The Balaban J connectivity index is 1.76. The molecule has 0 fully saturated rings. The van der Waals surface area contributed by atoms with Crippen LogP contribution >= 0.6 is 0 Å². The highest BCUT2D eigenvalue weighted by Gasteiger charge is 2.26. The molecular formula is C21H20N4O5. The predicted octanol–water partition coefficient (Wildman–Crippen LogP) is 2.79. The number of rotatable bonds is 4. The molecule has 2 heterocycles. The number of hydrogen-bond acceptors (Lipinski definition) is 6. The van der Waals surface area contributed by atoms with Gasteiger partial charge in [-0.1, -0.05) is 0 Å². The third kappa shape index (κ3) is 3.24. The fraction of sp³-hybridized carbons (Fsp3) is 0.238. The Bertz CT molecular complexity index is 1180. The van der Waals surface area contributed by atoms with Crippen LogP contribution in [0.5, 0.6) is 0 Å². The number of aromatic nitrogens is 1. The molecule has 0 bridgehead atoms. The molecule has 9 nitrogen and oxygen atoms in total. The average Bonchev–Trinajstić information content (AvgIpc) is 3.14. The number of hydrogen-bond donors (Lipinski definition) is 2. The Hall–Kier alpha value is -3.88. The van der Waals surface area contributed by atoms with Crippen molar-refractivity contribution in [2.45, 2.75) is 13.0 Å². The number of methoxy groups -OCH3 is 1. The zero-order valence-corrected chi connectivity index (χ0v) is 16.5. The summed E-state index contributed by atoms with van der Waals surface area (Å²) in [5.74, 6) is -0.789. The van der Waals surface area contributed by atoms with Crippen molar-refractivity contribution in [1.82, 2.24) is 10.3 Å². The number of ether oxygens (including phenoxy) is 1. The number of benzene rings is 2. The summed E-state index contributed by atoms with van der Waals surface area (Å²) in [5, 5.41) is 14.6. The Morgan fingerprint density at radius 1 is 1.23 bits per heavy atom. The first-order valence-electron chi connectivity index (χ1n) is 9.40. The van der Waals surface area contributed by atoms with Gasteiger partial charge in [-0.3, -0.25) is 14.9 Å². The molecule has 0 unspecified atom stereocenters. The lowest BCUT2D eigenvalue weighted by molar-refractivity contribution is -0.384. The van der Waals surface area contributed by atoms with Crippen LogP contribution in [-0.4, -0.2) is 42.5 Å². The third-order valence-electron chi connectivity index (χ3n) is 5.40. The molecule has 1 aliphatic rings. The topological polar surface area (TPSA) is 118 Å². The Kier molecular flexibility index (Phi) is 4.86. The van der Waals surface area contributed by atoms with Crippen LogP contribution in [0.15, 0.2) is 36.4 Å². The molecule has 1 aromatic heterocycles. The molecule has 154 valence electrons. The van der Waals surface area contributed by atoms with Gasteiger partial charge in [0.15, 0.2) is 0 Å². The molecule has 0 spiro atoms. The minimum atomic E-state index is -0.515. The highest BCUT2D eigenvalue weighted by atomic mass is 16.6. The first-order chi connectivity index (χ1) is 14.4. The number of amides is 1. The number of anilines is 1. The van der Waals surface area contributed by atoms with Crippen molar-refractivity contribution in [1.29, 1.82) is 0 Å². The number of fused-ring (bicyclic) bond motifs is 3. The number of nitrogens with one attached hydrogen (secondary N) is 2. The number of nitro benzene ring substituents is 1. The van der Waals surface area contributed by atoms with E-state index in [1.54, 1.807) is 18.2 Å². The van der Waals surface area contributed by atoms with E-state index in [1.807, 2.05) is 11.0 Å². The van der Waals surface area contributed by atoms with Crippen LogP contribution in [0.1, 0.15) is 32.0 Å². The van der Waals surface area contributed by atoms with Crippen LogP contribution in [-0.2, 0) is 17.7 Å². The Labute approximate surface area is 171 Å². The number of nitro groups is 1. The Morgan fingerprint density at radius 2 is 2.03 bits per heavy atom. The number of aromatic amines is 1. The molecule has 2 N–H and O–H groups in total. The van der Waals surface area contributed by atoms with Gasteiger partial charge >= 0.3 is 5.97 Å². The highest BCUT2D eigenvalue weighted by molar-refractivity contribution is 6.01. The maximum atomic E-state index is 12.4. The number of esters is 1. The molecule has 0 saturated carbocycles. The SMILES string of the molecule is CNC(=O)c1cc([N+](=O)[O-])ccc1N1CCc2[nH]c3ccc(C(=O)OC)cc3c2C1. The molecular weight excluding hydrogens is 388 g/mol. The van der Waals surface area contributed by atoms with Crippen molar-refractivity contribution in [3.05, 3.63) is 68.9 Å². The van der Waals surface area contributed by atoms with Gasteiger partial charge in [0.25, 0.3) is 11.6 Å². The number of carbonyl (C=O) groups is 2. The van der Waals surface area contributed by atoms with Gasteiger partial charge in [0.1, 0.15) is 0 Å². The highest BCUT2D eigenvalue weighted by Crippen LogP contribution is 2.33. The van der Waals surface area contributed by atoms with Crippen molar-refractivity contribution in [2.75, 3.05) is 25.6 Å². The van der Waals surface area contributed by atoms with Gasteiger partial charge in [-0.15, -0.1) is 0 Å². The molecule has 3 aromatic rings. The second-order valence-corrected chi connectivity index (χ2v) is 7.04. The molecule has 9 heteroatoms. The van der Waals surface area contributed by atoms with Gasteiger partial charge in [0.05, 0.1) is 28.8 Å². The summed E-state index contributed by atoms with van der Waals surface area (Å²) < 4.78 is 4.82. The van der Waals surface area contributed by atoms with E-state index in [9.17, 15) is 19.7 Å². The van der Waals surface area contributed by atoms with Crippen molar-refractivity contribution in [3.63, 3.8) is 0 Å². The van der Waals surface area contributed by atoms with E-state index in [0.717, 1.165) is 22.2 Å². The van der Waals surface area contributed by atoms with Gasteiger partial charge in [0.2, 0.25) is 0 Å². The molecule has 0 aliphatic carbocycles. The summed E-state index contributed by atoms with van der Waals surface area (Å²) in [7, 11) is 2.84. The monoisotopic (exact) mass is 408 g/mol. The third-order valence-corrected chi connectivity index (χ3v) is 5.40. The van der Waals surface area contributed by atoms with Gasteiger partial charge < -0.3 is 19.9 Å². The maximum absolute atomic E-state index is 12.4. The van der Waals surface area contributed by atoms with Gasteiger partial charge in [-0.2, -0.15) is 0 Å². The summed E-state index contributed by atoms with van der Waals surface area (Å²) in [6, 6.07) is 9.69. The summed E-state index contributed by atoms with van der Waals surface area (Å²) in [6.45, 7) is 1.15.